The van der Waals surface area contributed by atoms with Crippen LogP contribution >= 0.6 is 11.9 Å². The van der Waals surface area contributed by atoms with Crippen LogP contribution in [0.2, 0.25) is 0 Å². The average Bonchev–Trinajstić information content (AvgIpc) is 3.07. The van der Waals surface area contributed by atoms with Crippen LogP contribution in [0.15, 0.2) is 46.2 Å². The Hall–Kier alpha value is -2.05. The Morgan fingerprint density at radius 3 is 2.83 bits per heavy atom. The number of benzene rings is 1. The molecule has 1 saturated carbocycles. The molecule has 0 saturated heterocycles. The first-order chi connectivity index (χ1) is 11.2. The summed E-state index contributed by atoms with van der Waals surface area (Å²) >= 11 is 1.13. The molecule has 120 valence electrons. The Kier molecular flexibility index (Phi) is 4.83. The largest absolute Gasteiger partial charge is 0.382 e. The average molecular weight is 328 g/mol. The van der Waals surface area contributed by atoms with E-state index in [-0.39, 0.29) is 11.3 Å². The van der Waals surface area contributed by atoms with Gasteiger partial charge in [-0.2, -0.15) is 0 Å². The maximum atomic E-state index is 12.3. The summed E-state index contributed by atoms with van der Waals surface area (Å²) in [6, 6.07) is 9.61. The van der Waals surface area contributed by atoms with E-state index in [0.29, 0.717) is 17.2 Å². The predicted octanol–water partition coefficient (Wildman–Crippen LogP) is 3.11. The van der Waals surface area contributed by atoms with Crippen LogP contribution in [-0.4, -0.2) is 16.7 Å². The minimum atomic E-state index is -0.246. The molecule has 0 atom stereocenters. The second-order valence-corrected chi connectivity index (χ2v) is 6.45. The van der Waals surface area contributed by atoms with Gasteiger partial charge in [-0.15, -0.1) is 0 Å². The van der Waals surface area contributed by atoms with Crippen molar-refractivity contribution in [2.75, 3.05) is 5.32 Å². The summed E-state index contributed by atoms with van der Waals surface area (Å²) in [6.07, 6.45) is 6.27. The lowest BCUT2D eigenvalue weighted by molar-refractivity contribution is 0.754. The number of anilines is 1. The summed E-state index contributed by atoms with van der Waals surface area (Å²) in [6.45, 7) is 0. The first-order valence-corrected chi connectivity index (χ1v) is 8.61. The number of hydrogen-bond donors (Lipinski definition) is 4. The molecule has 1 heterocycles. The molecule has 5 N–H and O–H groups in total. The minimum absolute atomic E-state index is 0.211. The van der Waals surface area contributed by atoms with E-state index in [9.17, 15) is 4.79 Å². The topological polar surface area (TPSA) is 94.8 Å². The zero-order valence-electron chi connectivity index (χ0n) is 12.8. The van der Waals surface area contributed by atoms with Crippen molar-refractivity contribution in [1.29, 1.82) is 5.41 Å². The Bertz CT molecular complexity index is 765. The van der Waals surface area contributed by atoms with E-state index in [1.165, 1.54) is 12.8 Å². The molecule has 1 aliphatic carbocycles. The van der Waals surface area contributed by atoms with E-state index < -0.39 is 0 Å². The fourth-order valence-electron chi connectivity index (χ4n) is 3.01. The van der Waals surface area contributed by atoms with Crippen LogP contribution in [0.5, 0.6) is 0 Å². The van der Waals surface area contributed by atoms with Gasteiger partial charge in [-0.25, -0.2) is 0 Å². The zero-order valence-corrected chi connectivity index (χ0v) is 13.6. The highest BCUT2D eigenvalue weighted by Crippen LogP contribution is 2.24. The lowest BCUT2D eigenvalue weighted by Crippen LogP contribution is -2.24. The number of pyridine rings is 1. The van der Waals surface area contributed by atoms with Crippen molar-refractivity contribution in [2.45, 2.75) is 36.6 Å². The highest BCUT2D eigenvalue weighted by atomic mass is 32.2. The number of aromatic amines is 1. The molecule has 1 aromatic heterocycles. The van der Waals surface area contributed by atoms with Crippen LogP contribution < -0.4 is 16.0 Å². The molecule has 2 aromatic rings. The summed E-state index contributed by atoms with van der Waals surface area (Å²) < 4.78 is 0. The summed E-state index contributed by atoms with van der Waals surface area (Å²) in [4.78, 5) is 15.9. The molecular weight excluding hydrogens is 308 g/mol. The normalized spacial score (nSPS) is 14.8. The molecule has 5 nitrogen and oxygen atoms in total. The van der Waals surface area contributed by atoms with Crippen molar-refractivity contribution in [1.82, 2.24) is 4.98 Å². The lowest BCUT2D eigenvalue weighted by Gasteiger charge is -2.17. The number of aromatic nitrogens is 1. The molecule has 0 bridgehead atoms. The molecule has 1 aromatic carbocycles. The molecular formula is C17H20N4OS. The molecule has 23 heavy (non-hydrogen) atoms. The number of nitrogens with two attached hydrogens (primary N) is 1. The van der Waals surface area contributed by atoms with Gasteiger partial charge < -0.3 is 10.3 Å². The van der Waals surface area contributed by atoms with Gasteiger partial charge in [0.2, 0.25) is 0 Å². The Morgan fingerprint density at radius 1 is 1.30 bits per heavy atom. The van der Waals surface area contributed by atoms with E-state index in [1.807, 2.05) is 30.3 Å². The Morgan fingerprint density at radius 2 is 2.09 bits per heavy atom. The maximum Gasteiger partial charge on any atom is 0.259 e. The van der Waals surface area contributed by atoms with Gasteiger partial charge in [0.25, 0.3) is 5.56 Å². The third-order valence-electron chi connectivity index (χ3n) is 4.18. The maximum absolute atomic E-state index is 12.3. The number of rotatable bonds is 5. The van der Waals surface area contributed by atoms with Gasteiger partial charge in [-0.1, -0.05) is 25.0 Å². The molecule has 6 heteroatoms. The van der Waals surface area contributed by atoms with Crippen molar-refractivity contribution in [3.8, 4) is 0 Å². The lowest BCUT2D eigenvalue weighted by atomic mass is 10.0. The van der Waals surface area contributed by atoms with E-state index in [2.05, 4.69) is 10.3 Å². The number of nitrogens with one attached hydrogen (secondary N) is 3. The monoisotopic (exact) mass is 328 g/mol. The summed E-state index contributed by atoms with van der Waals surface area (Å²) in [5.74, 6) is 0. The standard InChI is InChI=1S/C17H20N4OS/c18-16(11-4-3-7-13(10-11)23-19)15-14(8-9-20-17(15)22)21-12-5-1-2-6-12/h3-4,7-10,12,18H,1-2,5-6,19H2,(H2,20,21,22). The van der Waals surface area contributed by atoms with Gasteiger partial charge in [-0.05, 0) is 43.0 Å². The fourth-order valence-corrected chi connectivity index (χ4v) is 3.36. The zero-order chi connectivity index (χ0) is 16.2. The Labute approximate surface area is 139 Å². The van der Waals surface area contributed by atoms with Gasteiger partial charge in [0.15, 0.2) is 0 Å². The van der Waals surface area contributed by atoms with Crippen molar-refractivity contribution in [2.24, 2.45) is 5.14 Å². The highest BCUT2D eigenvalue weighted by molar-refractivity contribution is 7.97. The summed E-state index contributed by atoms with van der Waals surface area (Å²) in [5, 5.41) is 17.5. The molecule has 0 amide bonds. The van der Waals surface area contributed by atoms with Crippen LogP contribution in [0.1, 0.15) is 36.8 Å². The van der Waals surface area contributed by atoms with E-state index in [1.54, 1.807) is 6.20 Å². The minimum Gasteiger partial charge on any atom is -0.382 e. The van der Waals surface area contributed by atoms with Gasteiger partial charge in [0.1, 0.15) is 0 Å². The Balaban J connectivity index is 1.97. The van der Waals surface area contributed by atoms with Crippen molar-refractivity contribution < 1.29 is 0 Å². The van der Waals surface area contributed by atoms with Crippen molar-refractivity contribution in [3.63, 3.8) is 0 Å². The van der Waals surface area contributed by atoms with Gasteiger partial charge in [0.05, 0.1) is 17.0 Å². The van der Waals surface area contributed by atoms with E-state index in [0.717, 1.165) is 35.4 Å². The van der Waals surface area contributed by atoms with Crippen molar-refractivity contribution in [3.05, 3.63) is 58.0 Å². The van der Waals surface area contributed by atoms with Crippen LogP contribution in [0.25, 0.3) is 0 Å². The second kappa shape index (κ2) is 7.02. The van der Waals surface area contributed by atoms with E-state index >= 15 is 0 Å². The molecule has 0 spiro atoms. The smallest absolute Gasteiger partial charge is 0.259 e. The van der Waals surface area contributed by atoms with Crippen LogP contribution in [0.3, 0.4) is 0 Å². The molecule has 0 unspecified atom stereocenters. The number of H-pyrrole nitrogens is 1. The highest BCUT2D eigenvalue weighted by Gasteiger charge is 2.19. The van der Waals surface area contributed by atoms with Gasteiger partial charge >= 0.3 is 0 Å². The molecule has 1 aliphatic rings. The SMILES string of the molecule is N=C(c1cccc(SN)c1)c1c(NC2CCCC2)cc[nH]c1=O. The third-order valence-corrected chi connectivity index (χ3v) is 4.71. The molecule has 0 radical (unpaired) electrons. The van der Waals surface area contributed by atoms with Crippen LogP contribution in [0.4, 0.5) is 5.69 Å². The summed E-state index contributed by atoms with van der Waals surface area (Å²) in [7, 11) is 0. The third kappa shape index (κ3) is 3.48. The quantitative estimate of drug-likeness (QED) is 0.501. The molecule has 0 aliphatic heterocycles. The van der Waals surface area contributed by atoms with Gasteiger partial charge in [0, 0.05) is 22.7 Å². The second-order valence-electron chi connectivity index (χ2n) is 5.74. The fraction of sp³-hybridized carbons (Fsp3) is 0.294. The molecule has 3 rings (SSSR count). The van der Waals surface area contributed by atoms with Crippen LogP contribution in [-0.2, 0) is 0 Å². The van der Waals surface area contributed by atoms with Gasteiger partial charge in [-0.3, -0.25) is 15.3 Å². The number of hydrogen-bond acceptors (Lipinski definition) is 5. The first kappa shape index (κ1) is 15.8. The first-order valence-electron chi connectivity index (χ1n) is 7.73. The molecule has 1 fully saturated rings. The van der Waals surface area contributed by atoms with Crippen LogP contribution in [0, 0.1) is 5.41 Å². The predicted molar refractivity (Wildman–Crippen MR) is 95.4 cm³/mol. The van der Waals surface area contributed by atoms with Crippen molar-refractivity contribution >= 4 is 23.3 Å². The summed E-state index contributed by atoms with van der Waals surface area (Å²) in [5.41, 5.74) is 1.77. The van der Waals surface area contributed by atoms with E-state index in [4.69, 9.17) is 10.5 Å².